The van der Waals surface area contributed by atoms with Crippen LogP contribution in [0.3, 0.4) is 0 Å². The first-order chi connectivity index (χ1) is 13.4. The Morgan fingerprint density at radius 3 is 2.68 bits per heavy atom. The van der Waals surface area contributed by atoms with E-state index >= 15 is 0 Å². The van der Waals surface area contributed by atoms with Crippen LogP contribution in [0.1, 0.15) is 30.3 Å². The fourth-order valence-corrected chi connectivity index (χ4v) is 3.41. The molecule has 0 aliphatic carbocycles. The summed E-state index contributed by atoms with van der Waals surface area (Å²) in [5.74, 6) is -1.92. The third kappa shape index (κ3) is 4.30. The van der Waals surface area contributed by atoms with Crippen molar-refractivity contribution in [3.05, 3.63) is 29.7 Å². The van der Waals surface area contributed by atoms with Crippen molar-refractivity contribution in [3.63, 3.8) is 0 Å². The summed E-state index contributed by atoms with van der Waals surface area (Å²) in [4.78, 5) is 40.8. The third-order valence-corrected chi connectivity index (χ3v) is 4.86. The molecule has 1 aromatic heterocycles. The van der Waals surface area contributed by atoms with Gasteiger partial charge in [-0.3, -0.25) is 14.5 Å². The number of aromatic amines is 1. The minimum atomic E-state index is -0.628. The number of hydrogen-bond acceptors (Lipinski definition) is 5. The first kappa shape index (κ1) is 19.8. The molecule has 0 unspecified atom stereocenters. The Morgan fingerprint density at radius 2 is 2.04 bits per heavy atom. The molecule has 0 radical (unpaired) electrons. The molecule has 1 aromatic carbocycles. The number of aromatic nitrogens is 1. The number of benzene rings is 1. The molecule has 1 saturated heterocycles. The van der Waals surface area contributed by atoms with Gasteiger partial charge < -0.3 is 20.8 Å². The monoisotopic (exact) mass is 390 g/mol. The van der Waals surface area contributed by atoms with Crippen molar-refractivity contribution in [2.24, 2.45) is 11.7 Å². The van der Waals surface area contributed by atoms with E-state index in [1.807, 2.05) is 4.90 Å². The van der Waals surface area contributed by atoms with Crippen molar-refractivity contribution in [3.8, 4) is 0 Å². The molecule has 2 aromatic rings. The van der Waals surface area contributed by atoms with Gasteiger partial charge in [0.2, 0.25) is 11.8 Å². The van der Waals surface area contributed by atoms with Crippen LogP contribution < -0.4 is 11.1 Å². The third-order valence-electron chi connectivity index (χ3n) is 4.86. The van der Waals surface area contributed by atoms with Crippen molar-refractivity contribution in [2.75, 3.05) is 31.6 Å². The van der Waals surface area contributed by atoms with Gasteiger partial charge in [-0.1, -0.05) is 0 Å². The molecule has 8 nitrogen and oxygen atoms in total. The standard InChI is InChI=1S/C19H23FN4O4/c1-2-28-19(27)17-16(13-9-12(20)3-4-14(13)22-17)23-15(25)10-24-7-5-11(6-8-24)18(21)26/h3-4,9,11,22H,2,5-8,10H2,1H3,(H2,21,26)(H,23,25). The van der Waals surface area contributed by atoms with Gasteiger partial charge in [0.15, 0.2) is 0 Å². The summed E-state index contributed by atoms with van der Waals surface area (Å²) < 4.78 is 18.7. The lowest BCUT2D eigenvalue weighted by Gasteiger charge is -2.29. The Kier molecular flexibility index (Phi) is 5.93. The van der Waals surface area contributed by atoms with Crippen molar-refractivity contribution in [1.29, 1.82) is 0 Å². The van der Waals surface area contributed by atoms with Crippen LogP contribution in [-0.2, 0) is 14.3 Å². The molecule has 2 heterocycles. The first-order valence-electron chi connectivity index (χ1n) is 9.19. The van der Waals surface area contributed by atoms with Crippen molar-refractivity contribution in [2.45, 2.75) is 19.8 Å². The van der Waals surface area contributed by atoms with E-state index in [9.17, 15) is 18.8 Å². The summed E-state index contributed by atoms with van der Waals surface area (Å²) in [5, 5.41) is 3.10. The number of likely N-dealkylation sites (tertiary alicyclic amines) is 1. The number of anilines is 1. The number of esters is 1. The van der Waals surface area contributed by atoms with Crippen LogP contribution >= 0.6 is 0 Å². The number of fused-ring (bicyclic) bond motifs is 1. The zero-order chi connectivity index (χ0) is 20.3. The van der Waals surface area contributed by atoms with Gasteiger partial charge in [0.1, 0.15) is 11.5 Å². The Bertz CT molecular complexity index is 903. The van der Waals surface area contributed by atoms with Gasteiger partial charge in [-0.25, -0.2) is 9.18 Å². The molecule has 9 heteroatoms. The van der Waals surface area contributed by atoms with Crippen molar-refractivity contribution < 1.29 is 23.5 Å². The van der Waals surface area contributed by atoms with E-state index in [0.717, 1.165) is 0 Å². The molecular formula is C19H23FN4O4. The lowest BCUT2D eigenvalue weighted by molar-refractivity contribution is -0.123. The van der Waals surface area contributed by atoms with E-state index in [2.05, 4.69) is 10.3 Å². The largest absolute Gasteiger partial charge is 0.461 e. The highest BCUT2D eigenvalue weighted by Crippen LogP contribution is 2.29. The number of H-pyrrole nitrogens is 1. The van der Waals surface area contributed by atoms with Crippen LogP contribution in [0.5, 0.6) is 0 Å². The summed E-state index contributed by atoms with van der Waals surface area (Å²) in [5.41, 5.74) is 6.11. The maximum absolute atomic E-state index is 13.7. The molecule has 4 N–H and O–H groups in total. The van der Waals surface area contributed by atoms with Gasteiger partial charge in [0.05, 0.1) is 18.8 Å². The number of nitrogens with one attached hydrogen (secondary N) is 2. The number of piperidine rings is 1. The molecular weight excluding hydrogens is 367 g/mol. The number of nitrogens with two attached hydrogens (primary N) is 1. The zero-order valence-corrected chi connectivity index (χ0v) is 15.6. The molecule has 0 saturated carbocycles. The topological polar surface area (TPSA) is 118 Å². The lowest BCUT2D eigenvalue weighted by atomic mass is 9.96. The maximum atomic E-state index is 13.7. The van der Waals surface area contributed by atoms with E-state index in [1.165, 1.54) is 18.2 Å². The van der Waals surface area contributed by atoms with Gasteiger partial charge >= 0.3 is 5.97 Å². The van der Waals surface area contributed by atoms with Crippen LogP contribution in [0.2, 0.25) is 0 Å². The number of carbonyl (C=O) groups is 3. The second kappa shape index (κ2) is 8.39. The highest BCUT2D eigenvalue weighted by Gasteiger charge is 2.26. The molecule has 0 bridgehead atoms. The number of nitrogens with zero attached hydrogens (tertiary/aromatic N) is 1. The molecule has 28 heavy (non-hydrogen) atoms. The summed E-state index contributed by atoms with van der Waals surface area (Å²) >= 11 is 0. The van der Waals surface area contributed by atoms with Crippen molar-refractivity contribution >= 4 is 34.4 Å². The number of amides is 2. The quantitative estimate of drug-likeness (QED) is 0.648. The number of halogens is 1. The number of rotatable bonds is 6. The minimum Gasteiger partial charge on any atom is -0.461 e. The Balaban J connectivity index is 1.76. The van der Waals surface area contributed by atoms with Gasteiger partial charge in [0.25, 0.3) is 0 Å². The maximum Gasteiger partial charge on any atom is 0.356 e. The van der Waals surface area contributed by atoms with E-state index in [0.29, 0.717) is 36.8 Å². The first-order valence-corrected chi connectivity index (χ1v) is 9.19. The Hall–Kier alpha value is -2.94. The average molecular weight is 390 g/mol. The van der Waals surface area contributed by atoms with Crippen LogP contribution in [-0.4, -0.2) is 53.9 Å². The van der Waals surface area contributed by atoms with Crippen LogP contribution in [0.4, 0.5) is 10.1 Å². The molecule has 2 amide bonds. The van der Waals surface area contributed by atoms with Gasteiger partial charge in [-0.2, -0.15) is 0 Å². The predicted molar refractivity (Wildman–Crippen MR) is 101 cm³/mol. The fourth-order valence-electron chi connectivity index (χ4n) is 3.41. The van der Waals surface area contributed by atoms with Gasteiger partial charge in [0, 0.05) is 16.8 Å². The second-order valence-corrected chi connectivity index (χ2v) is 6.79. The smallest absolute Gasteiger partial charge is 0.356 e. The summed E-state index contributed by atoms with van der Waals surface area (Å²) in [7, 11) is 0. The summed E-state index contributed by atoms with van der Waals surface area (Å²) in [6.45, 7) is 3.09. The number of primary amides is 1. The van der Waals surface area contributed by atoms with E-state index in [-0.39, 0.29) is 42.3 Å². The average Bonchev–Trinajstić information content (AvgIpc) is 3.00. The summed E-state index contributed by atoms with van der Waals surface area (Å²) in [6.07, 6.45) is 1.21. The molecule has 3 rings (SSSR count). The molecule has 1 aliphatic rings. The van der Waals surface area contributed by atoms with Gasteiger partial charge in [-0.05, 0) is 51.1 Å². The molecule has 1 fully saturated rings. The predicted octanol–water partition coefficient (Wildman–Crippen LogP) is 1.62. The number of hydrogen-bond donors (Lipinski definition) is 3. The van der Waals surface area contributed by atoms with Gasteiger partial charge in [-0.15, -0.1) is 0 Å². The SMILES string of the molecule is CCOC(=O)c1[nH]c2ccc(F)cc2c1NC(=O)CN1CCC(C(N)=O)CC1. The highest BCUT2D eigenvalue weighted by molar-refractivity contribution is 6.11. The van der Waals surface area contributed by atoms with Crippen LogP contribution in [0.25, 0.3) is 10.9 Å². The minimum absolute atomic E-state index is 0.0724. The molecule has 150 valence electrons. The number of carbonyl (C=O) groups excluding carboxylic acids is 3. The fraction of sp³-hybridized carbons (Fsp3) is 0.421. The molecule has 0 atom stereocenters. The van der Waals surface area contributed by atoms with Crippen LogP contribution in [0.15, 0.2) is 18.2 Å². The van der Waals surface area contributed by atoms with Crippen LogP contribution in [0, 0.1) is 11.7 Å². The zero-order valence-electron chi connectivity index (χ0n) is 15.6. The lowest BCUT2D eigenvalue weighted by Crippen LogP contribution is -2.42. The highest BCUT2D eigenvalue weighted by atomic mass is 19.1. The summed E-state index contributed by atoms with van der Waals surface area (Å²) in [6, 6.07) is 4.02. The Morgan fingerprint density at radius 1 is 1.32 bits per heavy atom. The van der Waals surface area contributed by atoms with E-state index in [1.54, 1.807) is 6.92 Å². The Labute approximate surface area is 161 Å². The normalized spacial score (nSPS) is 15.5. The van der Waals surface area contributed by atoms with Crippen molar-refractivity contribution in [1.82, 2.24) is 9.88 Å². The molecule has 1 aliphatic heterocycles. The number of ether oxygens (including phenoxy) is 1. The molecule has 0 spiro atoms. The van der Waals surface area contributed by atoms with E-state index in [4.69, 9.17) is 10.5 Å². The second-order valence-electron chi connectivity index (χ2n) is 6.79. The van der Waals surface area contributed by atoms with E-state index < -0.39 is 11.8 Å².